The van der Waals surface area contributed by atoms with Crippen LogP contribution in [0.1, 0.15) is 51.9 Å². The SMILES string of the molecule is CC1CCC2(CC1)NC(=O)N(NC(=O)C1CCC1)C2=O. The van der Waals surface area contributed by atoms with E-state index in [0.717, 1.165) is 37.1 Å². The minimum absolute atomic E-state index is 0.0430. The van der Waals surface area contributed by atoms with Crippen molar-refractivity contribution in [3.05, 3.63) is 0 Å². The average Bonchev–Trinajstić information content (AvgIpc) is 2.56. The molecule has 1 aliphatic heterocycles. The zero-order valence-electron chi connectivity index (χ0n) is 11.8. The van der Waals surface area contributed by atoms with Gasteiger partial charge in [0.05, 0.1) is 0 Å². The summed E-state index contributed by atoms with van der Waals surface area (Å²) >= 11 is 0. The molecule has 1 heterocycles. The molecule has 3 fully saturated rings. The third-order valence-corrected chi connectivity index (χ3v) is 4.99. The molecule has 2 aliphatic carbocycles. The molecule has 0 radical (unpaired) electrons. The molecular weight excluding hydrogens is 258 g/mol. The molecular formula is C14H21N3O3. The monoisotopic (exact) mass is 279 g/mol. The lowest BCUT2D eigenvalue weighted by molar-refractivity contribution is -0.142. The molecule has 4 amide bonds. The molecule has 1 spiro atoms. The Labute approximate surface area is 118 Å². The van der Waals surface area contributed by atoms with E-state index in [1.165, 1.54) is 0 Å². The van der Waals surface area contributed by atoms with Crippen molar-refractivity contribution in [2.24, 2.45) is 11.8 Å². The number of rotatable bonds is 2. The van der Waals surface area contributed by atoms with E-state index in [-0.39, 0.29) is 17.7 Å². The van der Waals surface area contributed by atoms with Gasteiger partial charge in [0.25, 0.3) is 5.91 Å². The lowest BCUT2D eigenvalue weighted by Gasteiger charge is -2.33. The van der Waals surface area contributed by atoms with Crippen LogP contribution in [-0.4, -0.2) is 28.4 Å². The Morgan fingerprint density at radius 3 is 2.45 bits per heavy atom. The van der Waals surface area contributed by atoms with Gasteiger partial charge in [0.2, 0.25) is 5.91 Å². The Morgan fingerprint density at radius 1 is 1.25 bits per heavy atom. The molecule has 2 saturated carbocycles. The van der Waals surface area contributed by atoms with Crippen LogP contribution < -0.4 is 10.7 Å². The highest BCUT2D eigenvalue weighted by Gasteiger charge is 2.53. The molecule has 0 atom stereocenters. The Morgan fingerprint density at radius 2 is 1.90 bits per heavy atom. The van der Waals surface area contributed by atoms with E-state index in [4.69, 9.17) is 0 Å². The minimum atomic E-state index is -0.781. The van der Waals surface area contributed by atoms with Crippen LogP contribution in [0.3, 0.4) is 0 Å². The van der Waals surface area contributed by atoms with Crippen molar-refractivity contribution in [2.75, 3.05) is 0 Å². The zero-order valence-corrected chi connectivity index (χ0v) is 11.8. The predicted molar refractivity (Wildman–Crippen MR) is 71.2 cm³/mol. The third kappa shape index (κ3) is 2.07. The Kier molecular flexibility index (Phi) is 3.18. The van der Waals surface area contributed by atoms with Gasteiger partial charge >= 0.3 is 6.03 Å². The molecule has 6 nitrogen and oxygen atoms in total. The molecule has 0 aromatic carbocycles. The first-order valence-corrected chi connectivity index (χ1v) is 7.49. The normalized spacial score (nSPS) is 34.0. The summed E-state index contributed by atoms with van der Waals surface area (Å²) in [5, 5.41) is 3.69. The van der Waals surface area contributed by atoms with Crippen LogP contribution in [0.5, 0.6) is 0 Å². The van der Waals surface area contributed by atoms with Gasteiger partial charge in [-0.3, -0.25) is 15.0 Å². The maximum atomic E-state index is 12.5. The van der Waals surface area contributed by atoms with Crippen LogP contribution in [0.25, 0.3) is 0 Å². The zero-order chi connectivity index (χ0) is 14.3. The van der Waals surface area contributed by atoms with Crippen LogP contribution in [0.2, 0.25) is 0 Å². The molecule has 0 bridgehead atoms. The van der Waals surface area contributed by atoms with Crippen molar-refractivity contribution in [3.63, 3.8) is 0 Å². The van der Waals surface area contributed by atoms with E-state index in [0.29, 0.717) is 18.8 Å². The first-order chi connectivity index (χ1) is 9.52. The number of carbonyl (C=O) groups is 3. The summed E-state index contributed by atoms with van der Waals surface area (Å²) in [5.74, 6) is 0.0468. The van der Waals surface area contributed by atoms with Crippen LogP contribution in [0.4, 0.5) is 4.79 Å². The van der Waals surface area contributed by atoms with Gasteiger partial charge in [-0.1, -0.05) is 13.3 Å². The molecule has 3 aliphatic rings. The van der Waals surface area contributed by atoms with Crippen LogP contribution in [-0.2, 0) is 9.59 Å². The first kappa shape index (κ1) is 13.4. The number of hydrogen-bond acceptors (Lipinski definition) is 3. The topological polar surface area (TPSA) is 78.5 Å². The van der Waals surface area contributed by atoms with Crippen LogP contribution >= 0.6 is 0 Å². The van der Waals surface area contributed by atoms with E-state index in [2.05, 4.69) is 17.7 Å². The number of nitrogens with one attached hydrogen (secondary N) is 2. The average molecular weight is 279 g/mol. The Bertz CT molecular complexity index is 451. The highest BCUT2D eigenvalue weighted by molar-refractivity contribution is 6.08. The maximum absolute atomic E-state index is 12.5. The second-order valence-corrected chi connectivity index (χ2v) is 6.44. The number of imide groups is 1. The summed E-state index contributed by atoms with van der Waals surface area (Å²) in [6.07, 6.45) is 5.91. The summed E-state index contributed by atoms with van der Waals surface area (Å²) in [5.41, 5.74) is 1.71. The fourth-order valence-corrected chi connectivity index (χ4v) is 3.19. The van der Waals surface area contributed by atoms with Gasteiger partial charge in [-0.05, 0) is 44.4 Å². The number of carbonyl (C=O) groups excluding carboxylic acids is 3. The van der Waals surface area contributed by atoms with Gasteiger partial charge < -0.3 is 5.32 Å². The molecule has 6 heteroatoms. The second kappa shape index (κ2) is 4.75. The van der Waals surface area contributed by atoms with Gasteiger partial charge in [0.1, 0.15) is 5.54 Å². The van der Waals surface area contributed by atoms with Crippen molar-refractivity contribution in [1.82, 2.24) is 15.8 Å². The predicted octanol–water partition coefficient (Wildman–Crippen LogP) is 1.32. The minimum Gasteiger partial charge on any atom is -0.322 e. The smallest absolute Gasteiger partial charge is 0.322 e. The molecule has 0 unspecified atom stereocenters. The van der Waals surface area contributed by atoms with Gasteiger partial charge in [-0.15, -0.1) is 0 Å². The van der Waals surface area contributed by atoms with E-state index in [1.54, 1.807) is 0 Å². The number of nitrogens with zero attached hydrogens (tertiary/aromatic N) is 1. The van der Waals surface area contributed by atoms with Crippen LogP contribution in [0.15, 0.2) is 0 Å². The summed E-state index contributed by atoms with van der Waals surface area (Å²) in [7, 11) is 0. The standard InChI is InChI=1S/C14H21N3O3/c1-9-5-7-14(8-6-9)12(19)17(13(20)15-14)16-11(18)10-3-2-4-10/h9-10H,2-8H2,1H3,(H,15,20)(H,16,18). The van der Waals surface area contributed by atoms with E-state index >= 15 is 0 Å². The molecule has 0 aromatic rings. The molecule has 110 valence electrons. The van der Waals surface area contributed by atoms with Crippen molar-refractivity contribution in [1.29, 1.82) is 0 Å². The van der Waals surface area contributed by atoms with Gasteiger partial charge in [-0.2, -0.15) is 5.01 Å². The fraction of sp³-hybridized carbons (Fsp3) is 0.786. The number of hydrazine groups is 1. The Hall–Kier alpha value is -1.59. The molecule has 1 saturated heterocycles. The van der Waals surface area contributed by atoms with Gasteiger partial charge in [0.15, 0.2) is 0 Å². The summed E-state index contributed by atoms with van der Waals surface area (Å²) < 4.78 is 0. The third-order valence-electron chi connectivity index (χ3n) is 4.99. The number of urea groups is 1. The molecule has 0 aromatic heterocycles. The molecule has 20 heavy (non-hydrogen) atoms. The van der Waals surface area contributed by atoms with E-state index in [1.807, 2.05) is 0 Å². The van der Waals surface area contributed by atoms with Crippen molar-refractivity contribution < 1.29 is 14.4 Å². The Balaban J connectivity index is 1.68. The number of amides is 4. The lowest BCUT2D eigenvalue weighted by atomic mass is 9.77. The highest BCUT2D eigenvalue weighted by Crippen LogP contribution is 2.36. The summed E-state index contributed by atoms with van der Waals surface area (Å²) in [6, 6.07) is -0.489. The fourth-order valence-electron chi connectivity index (χ4n) is 3.19. The maximum Gasteiger partial charge on any atom is 0.344 e. The summed E-state index contributed by atoms with van der Waals surface area (Å²) in [6.45, 7) is 2.16. The lowest BCUT2D eigenvalue weighted by Crippen LogP contribution is -2.52. The highest BCUT2D eigenvalue weighted by atomic mass is 16.2. The van der Waals surface area contributed by atoms with Crippen LogP contribution in [0, 0.1) is 11.8 Å². The second-order valence-electron chi connectivity index (χ2n) is 6.44. The van der Waals surface area contributed by atoms with Crippen molar-refractivity contribution in [2.45, 2.75) is 57.4 Å². The van der Waals surface area contributed by atoms with Crippen molar-refractivity contribution >= 4 is 17.8 Å². The van der Waals surface area contributed by atoms with Gasteiger partial charge in [0, 0.05) is 5.92 Å². The molecule has 2 N–H and O–H groups in total. The first-order valence-electron chi connectivity index (χ1n) is 7.49. The van der Waals surface area contributed by atoms with E-state index in [9.17, 15) is 14.4 Å². The molecule has 3 rings (SSSR count). The largest absolute Gasteiger partial charge is 0.344 e. The van der Waals surface area contributed by atoms with E-state index < -0.39 is 11.6 Å². The summed E-state index contributed by atoms with van der Waals surface area (Å²) in [4.78, 5) is 36.4. The quantitative estimate of drug-likeness (QED) is 0.748. The van der Waals surface area contributed by atoms with Crippen molar-refractivity contribution in [3.8, 4) is 0 Å². The van der Waals surface area contributed by atoms with Gasteiger partial charge in [-0.25, -0.2) is 4.79 Å². The number of hydrogen-bond donors (Lipinski definition) is 2.